The fourth-order valence-corrected chi connectivity index (χ4v) is 18.2. The molecule has 0 N–H and O–H groups in total. The number of hydrogen-bond donors (Lipinski definition) is 0. The van der Waals surface area contributed by atoms with Crippen LogP contribution in [0.2, 0.25) is 36.3 Å². The summed E-state index contributed by atoms with van der Waals surface area (Å²) in [5.74, 6) is 1.32. The summed E-state index contributed by atoms with van der Waals surface area (Å²) in [6.07, 6.45) is 8.10. The Morgan fingerprint density at radius 3 is 2.01 bits per heavy atom. The highest BCUT2D eigenvalue weighted by Crippen LogP contribution is 2.46. The van der Waals surface area contributed by atoms with Gasteiger partial charge in [0.25, 0.3) is 0 Å². The number of ether oxygens (including phenoxy) is 9. The molecule has 0 amide bonds. The summed E-state index contributed by atoms with van der Waals surface area (Å²) in [5, 5.41) is 0. The Morgan fingerprint density at radius 2 is 1.41 bits per heavy atom. The molecule has 0 radical (unpaired) electrons. The van der Waals surface area contributed by atoms with Gasteiger partial charge in [0, 0.05) is 33.7 Å². The Morgan fingerprint density at radius 1 is 0.765 bits per heavy atom. The van der Waals surface area contributed by atoms with E-state index in [0.717, 1.165) is 37.0 Å². The molecule has 388 valence electrons. The lowest BCUT2D eigenvalue weighted by Crippen LogP contribution is -2.59. The summed E-state index contributed by atoms with van der Waals surface area (Å²) >= 11 is 0. The Hall–Kier alpha value is -1.99. The van der Waals surface area contributed by atoms with Gasteiger partial charge in [-0.3, -0.25) is 0 Å². The van der Waals surface area contributed by atoms with E-state index in [-0.39, 0.29) is 62.0 Å². The van der Waals surface area contributed by atoms with Crippen molar-refractivity contribution in [1.29, 1.82) is 0 Å². The zero-order valence-corrected chi connectivity index (χ0v) is 47.2. The van der Waals surface area contributed by atoms with Crippen LogP contribution in [-0.4, -0.2) is 113 Å². The summed E-state index contributed by atoms with van der Waals surface area (Å²) in [5.41, 5.74) is 2.23. The van der Waals surface area contributed by atoms with E-state index >= 15 is 0 Å². The lowest BCUT2D eigenvalue weighted by Gasteiger charge is -2.48. The molecule has 10 atom stereocenters. The molecule has 4 rings (SSSR count). The van der Waals surface area contributed by atoms with Gasteiger partial charge < -0.3 is 51.5 Å². The second kappa shape index (κ2) is 27.7. The van der Waals surface area contributed by atoms with E-state index in [0.29, 0.717) is 55.9 Å². The molecular formula is C55H94O11Si2. The van der Waals surface area contributed by atoms with Gasteiger partial charge in [0.1, 0.15) is 24.9 Å². The van der Waals surface area contributed by atoms with Gasteiger partial charge in [-0.2, -0.15) is 0 Å². The number of hydrogen-bond acceptors (Lipinski definition) is 11. The third kappa shape index (κ3) is 17.1. The quantitative estimate of drug-likeness (QED) is 0.0324. The average molecular weight is 988 g/mol. The molecule has 2 saturated heterocycles. The van der Waals surface area contributed by atoms with Crippen molar-refractivity contribution in [3.63, 3.8) is 0 Å². The van der Waals surface area contributed by atoms with Crippen LogP contribution in [0.15, 0.2) is 66.7 Å². The number of methoxy groups -OCH3 is 3. The van der Waals surface area contributed by atoms with Gasteiger partial charge in [-0.25, -0.2) is 0 Å². The zero-order valence-electron chi connectivity index (χ0n) is 45.2. The average Bonchev–Trinajstić information content (AvgIpc) is 3.40. The first-order valence-corrected chi connectivity index (χ1v) is 31.2. The van der Waals surface area contributed by atoms with Crippen LogP contribution in [0.3, 0.4) is 0 Å². The second-order valence-electron chi connectivity index (χ2n) is 22.0. The molecule has 2 aliphatic heterocycles. The zero-order chi connectivity index (χ0) is 50.1. The Kier molecular flexibility index (Phi) is 23.9. The largest absolute Gasteiger partial charge is 0.497 e. The predicted molar refractivity (Wildman–Crippen MR) is 278 cm³/mol. The van der Waals surface area contributed by atoms with Crippen LogP contribution in [0.1, 0.15) is 119 Å². The van der Waals surface area contributed by atoms with Gasteiger partial charge in [0.2, 0.25) is 8.32 Å². The summed E-state index contributed by atoms with van der Waals surface area (Å²) in [6, 6.07) is 18.5. The lowest BCUT2D eigenvalue weighted by molar-refractivity contribution is -0.276. The summed E-state index contributed by atoms with van der Waals surface area (Å²) in [7, 11) is 0.537. The van der Waals surface area contributed by atoms with Crippen LogP contribution in [-0.2, 0) is 60.0 Å². The Bertz CT molecular complexity index is 1700. The molecule has 11 nitrogen and oxygen atoms in total. The highest BCUT2D eigenvalue weighted by molar-refractivity contribution is 6.77. The van der Waals surface area contributed by atoms with Crippen LogP contribution < -0.4 is 4.74 Å². The van der Waals surface area contributed by atoms with Crippen LogP contribution in [0.4, 0.5) is 0 Å². The second-order valence-corrected chi connectivity index (χ2v) is 31.9. The van der Waals surface area contributed by atoms with Gasteiger partial charge in [-0.15, -0.1) is 0 Å². The van der Waals surface area contributed by atoms with Crippen molar-refractivity contribution in [2.75, 3.05) is 48.1 Å². The molecule has 68 heavy (non-hydrogen) atoms. The van der Waals surface area contributed by atoms with Crippen molar-refractivity contribution in [3.8, 4) is 5.75 Å². The van der Waals surface area contributed by atoms with E-state index in [2.05, 4.69) is 137 Å². The minimum Gasteiger partial charge on any atom is -0.497 e. The van der Waals surface area contributed by atoms with Gasteiger partial charge in [-0.1, -0.05) is 110 Å². The first-order chi connectivity index (χ1) is 32.2. The van der Waals surface area contributed by atoms with Crippen LogP contribution in [0.25, 0.3) is 0 Å². The molecule has 2 aromatic carbocycles. The SMILES string of the molecule is COCOC[C@@]1(C)O[C@H]2CC[C@@](C)(O[Si](C)(C)C)[C@H](C[C@H](/C=C\C[C@H](C)[C@@H](OCc3ccc(OC)cc3)[C@H](C)CCOCc3ccccc3)O[Si](C(C)C)(C(C)C)C(C)C)O[C@@H]2C[C@@H]1OCOC. The standard InChI is InChI=1S/C55H94O11Si2/c1-40(2)68(41(3)4,42(5)6)65-48(24-20-21-43(7)53(61-36-46-25-27-47(58-13)28-26-46)44(8)30-32-59-35-45-22-18-17-19-23-45)33-52-54(9,66-67(14,15)16)31-29-49-50(63-52)34-51(62-39-57-12)55(10,64-49)37-60-38-56-11/h17-20,22-28,40-44,48-53H,21,29-39H2,1-16H3/b24-20-/t43-,44+,48-,49-,50+,51-,52-,53+,54+,55+/m0/s1. The van der Waals surface area contributed by atoms with Crippen LogP contribution in [0.5, 0.6) is 5.75 Å². The molecular weight excluding hydrogens is 893 g/mol. The van der Waals surface area contributed by atoms with Gasteiger partial charge in [-0.05, 0) is 111 Å². The fraction of sp³-hybridized carbons (Fsp3) is 0.745. The monoisotopic (exact) mass is 987 g/mol. The lowest BCUT2D eigenvalue weighted by atomic mass is 9.86. The number of allylic oxidation sites excluding steroid dienone is 1. The maximum Gasteiger partial charge on any atom is 0.201 e. The molecule has 0 spiro atoms. The van der Waals surface area contributed by atoms with Crippen molar-refractivity contribution in [2.45, 2.75) is 205 Å². The van der Waals surface area contributed by atoms with Crippen molar-refractivity contribution in [1.82, 2.24) is 0 Å². The summed E-state index contributed by atoms with van der Waals surface area (Å²) in [4.78, 5) is 0. The van der Waals surface area contributed by atoms with Crippen molar-refractivity contribution >= 4 is 16.6 Å². The third-order valence-corrected chi connectivity index (χ3v) is 21.5. The van der Waals surface area contributed by atoms with E-state index in [1.807, 2.05) is 18.2 Å². The van der Waals surface area contributed by atoms with Gasteiger partial charge in [0.15, 0.2) is 8.32 Å². The number of benzene rings is 2. The molecule has 0 bridgehead atoms. The first-order valence-electron chi connectivity index (χ1n) is 25.6. The molecule has 2 aliphatic rings. The van der Waals surface area contributed by atoms with E-state index in [4.69, 9.17) is 51.5 Å². The molecule has 0 aromatic heterocycles. The van der Waals surface area contributed by atoms with Crippen LogP contribution >= 0.6 is 0 Å². The Balaban J connectivity index is 1.66. The molecule has 2 fully saturated rings. The fourth-order valence-electron chi connectivity index (χ4n) is 11.0. The maximum absolute atomic E-state index is 7.77. The smallest absolute Gasteiger partial charge is 0.201 e. The van der Waals surface area contributed by atoms with E-state index in [1.165, 1.54) is 5.56 Å². The van der Waals surface area contributed by atoms with E-state index in [9.17, 15) is 0 Å². The minimum absolute atomic E-state index is 0.00220. The first kappa shape index (κ1) is 58.6. The highest BCUT2D eigenvalue weighted by Gasteiger charge is 2.54. The predicted octanol–water partition coefficient (Wildman–Crippen LogP) is 12.7. The summed E-state index contributed by atoms with van der Waals surface area (Å²) in [6.45, 7) is 32.4. The van der Waals surface area contributed by atoms with Crippen LogP contribution in [0, 0.1) is 11.8 Å². The van der Waals surface area contributed by atoms with E-state index in [1.54, 1.807) is 21.3 Å². The maximum atomic E-state index is 7.77. The molecule has 0 saturated carbocycles. The third-order valence-electron chi connectivity index (χ3n) is 14.3. The van der Waals surface area contributed by atoms with Gasteiger partial charge >= 0.3 is 0 Å². The normalized spacial score (nSPS) is 25.7. The Labute approximate surface area is 415 Å². The highest BCUT2D eigenvalue weighted by atomic mass is 28.4. The number of rotatable bonds is 30. The van der Waals surface area contributed by atoms with Crippen molar-refractivity contribution < 1.29 is 51.5 Å². The van der Waals surface area contributed by atoms with Crippen molar-refractivity contribution in [2.24, 2.45) is 11.8 Å². The number of fused-ring (bicyclic) bond motifs is 1. The van der Waals surface area contributed by atoms with Crippen molar-refractivity contribution in [3.05, 3.63) is 77.9 Å². The molecule has 0 unspecified atom stereocenters. The molecule has 2 aromatic rings. The minimum atomic E-state index is -2.36. The van der Waals surface area contributed by atoms with E-state index < -0.39 is 27.8 Å². The van der Waals surface area contributed by atoms with Gasteiger partial charge in [0.05, 0.1) is 69.2 Å². The molecule has 13 heteroatoms. The molecule has 2 heterocycles. The summed E-state index contributed by atoms with van der Waals surface area (Å²) < 4.78 is 70.9. The topological polar surface area (TPSA) is 102 Å². The molecule has 0 aliphatic carbocycles.